The molecule has 0 atom stereocenters. The summed E-state index contributed by atoms with van der Waals surface area (Å²) in [7, 11) is 3.95. The van der Waals surface area contributed by atoms with Crippen molar-refractivity contribution in [3.05, 3.63) is 0 Å². The van der Waals surface area contributed by atoms with Crippen molar-refractivity contribution in [2.75, 3.05) is 27.2 Å². The normalized spacial score (nSPS) is 11.8. The van der Waals surface area contributed by atoms with Crippen LogP contribution in [0.25, 0.3) is 0 Å². The van der Waals surface area contributed by atoms with Gasteiger partial charge in [-0.1, -0.05) is 5.16 Å². The zero-order valence-corrected chi connectivity index (χ0v) is 8.37. The lowest BCUT2D eigenvalue weighted by atomic mass is 10.3. The van der Waals surface area contributed by atoms with Gasteiger partial charge in [-0.3, -0.25) is 4.79 Å². The molecule has 0 saturated carbocycles. The maximum atomic E-state index is 11.0. The molecule has 0 bridgehead atoms. The standard InChI is InChI=1S/C8H17N3O2/c1-7(10-13)8(12)9-5-4-6-11(2)3/h13H,4-6H2,1-3H3,(H,9,12)/b10-7-. The number of hydrogen-bond donors (Lipinski definition) is 2. The van der Waals surface area contributed by atoms with Crippen LogP contribution in [0.3, 0.4) is 0 Å². The highest BCUT2D eigenvalue weighted by Crippen LogP contribution is 1.82. The van der Waals surface area contributed by atoms with E-state index in [1.54, 1.807) is 0 Å². The van der Waals surface area contributed by atoms with Crippen molar-refractivity contribution in [3.8, 4) is 0 Å². The molecule has 13 heavy (non-hydrogen) atoms. The SMILES string of the molecule is C/C(=N/O)C(=O)NCCCN(C)C. The number of nitrogens with zero attached hydrogens (tertiary/aromatic N) is 2. The molecular weight excluding hydrogens is 170 g/mol. The van der Waals surface area contributed by atoms with Crippen LogP contribution >= 0.6 is 0 Å². The first-order valence-electron chi connectivity index (χ1n) is 4.19. The Morgan fingerprint density at radius 1 is 1.54 bits per heavy atom. The summed E-state index contributed by atoms with van der Waals surface area (Å²) in [5.74, 6) is -0.318. The van der Waals surface area contributed by atoms with Gasteiger partial charge >= 0.3 is 0 Å². The van der Waals surface area contributed by atoms with E-state index in [1.165, 1.54) is 6.92 Å². The van der Waals surface area contributed by atoms with Crippen LogP contribution < -0.4 is 5.32 Å². The first-order valence-corrected chi connectivity index (χ1v) is 4.19. The van der Waals surface area contributed by atoms with E-state index in [2.05, 4.69) is 10.5 Å². The molecule has 0 aliphatic rings. The van der Waals surface area contributed by atoms with Crippen LogP contribution in [0.5, 0.6) is 0 Å². The van der Waals surface area contributed by atoms with Gasteiger partial charge in [0.1, 0.15) is 5.71 Å². The Kier molecular flexibility index (Phi) is 5.88. The highest BCUT2D eigenvalue weighted by Gasteiger charge is 2.04. The lowest BCUT2D eigenvalue weighted by molar-refractivity contribution is -0.115. The fourth-order valence-corrected chi connectivity index (χ4v) is 0.771. The van der Waals surface area contributed by atoms with Crippen molar-refractivity contribution >= 4 is 11.6 Å². The summed E-state index contributed by atoms with van der Waals surface area (Å²) >= 11 is 0. The van der Waals surface area contributed by atoms with E-state index in [0.717, 1.165) is 13.0 Å². The summed E-state index contributed by atoms with van der Waals surface area (Å²) in [5.41, 5.74) is 0.0878. The van der Waals surface area contributed by atoms with Crippen molar-refractivity contribution in [1.82, 2.24) is 10.2 Å². The third-order valence-corrected chi connectivity index (χ3v) is 1.55. The predicted octanol–water partition coefficient (Wildman–Crippen LogP) is -0.0956. The van der Waals surface area contributed by atoms with Gasteiger partial charge in [-0.15, -0.1) is 0 Å². The van der Waals surface area contributed by atoms with E-state index in [9.17, 15) is 4.79 Å². The number of rotatable bonds is 5. The lowest BCUT2D eigenvalue weighted by Gasteiger charge is -2.09. The Balaban J connectivity index is 3.49. The molecule has 0 saturated heterocycles. The summed E-state index contributed by atoms with van der Waals surface area (Å²) < 4.78 is 0. The summed E-state index contributed by atoms with van der Waals surface area (Å²) in [4.78, 5) is 13.0. The van der Waals surface area contributed by atoms with E-state index in [1.807, 2.05) is 19.0 Å². The number of carbonyl (C=O) groups excluding carboxylic acids is 1. The number of oxime groups is 1. The third kappa shape index (κ3) is 6.10. The lowest BCUT2D eigenvalue weighted by Crippen LogP contribution is -2.31. The Morgan fingerprint density at radius 2 is 2.15 bits per heavy atom. The fourth-order valence-electron chi connectivity index (χ4n) is 0.771. The van der Waals surface area contributed by atoms with Crippen LogP contribution in [0.4, 0.5) is 0 Å². The minimum Gasteiger partial charge on any atom is -0.410 e. The molecule has 0 aliphatic carbocycles. The molecular formula is C8H17N3O2. The molecule has 0 aliphatic heterocycles. The number of carbonyl (C=O) groups is 1. The summed E-state index contributed by atoms with van der Waals surface area (Å²) in [6, 6.07) is 0. The number of nitrogens with one attached hydrogen (secondary N) is 1. The predicted molar refractivity (Wildman–Crippen MR) is 51.1 cm³/mol. The molecule has 0 unspecified atom stereocenters. The second kappa shape index (κ2) is 6.42. The quantitative estimate of drug-likeness (QED) is 0.273. The third-order valence-electron chi connectivity index (χ3n) is 1.55. The van der Waals surface area contributed by atoms with Gasteiger partial charge in [0.2, 0.25) is 0 Å². The summed E-state index contributed by atoms with van der Waals surface area (Å²) in [6.45, 7) is 2.99. The van der Waals surface area contributed by atoms with Crippen LogP contribution in [0.2, 0.25) is 0 Å². The van der Waals surface area contributed by atoms with Gasteiger partial charge in [-0.2, -0.15) is 0 Å². The summed E-state index contributed by atoms with van der Waals surface area (Å²) in [6.07, 6.45) is 0.886. The van der Waals surface area contributed by atoms with E-state index < -0.39 is 0 Å². The minimum absolute atomic E-state index is 0.0878. The molecule has 0 heterocycles. The molecule has 1 amide bonds. The van der Waals surface area contributed by atoms with Gasteiger partial charge in [0.25, 0.3) is 5.91 Å². The molecule has 2 N–H and O–H groups in total. The van der Waals surface area contributed by atoms with Crippen molar-refractivity contribution in [1.29, 1.82) is 0 Å². The zero-order valence-electron chi connectivity index (χ0n) is 8.37. The van der Waals surface area contributed by atoms with Gasteiger partial charge in [0.15, 0.2) is 0 Å². The maximum absolute atomic E-state index is 11.0. The zero-order chi connectivity index (χ0) is 10.3. The molecule has 5 heteroatoms. The average Bonchev–Trinajstić information content (AvgIpc) is 2.10. The first kappa shape index (κ1) is 11.9. The van der Waals surface area contributed by atoms with Gasteiger partial charge in [-0.05, 0) is 34.0 Å². The Hall–Kier alpha value is -1.10. The topological polar surface area (TPSA) is 64.9 Å². The van der Waals surface area contributed by atoms with E-state index in [0.29, 0.717) is 6.54 Å². The Labute approximate surface area is 78.4 Å². The van der Waals surface area contributed by atoms with Gasteiger partial charge < -0.3 is 15.4 Å². The van der Waals surface area contributed by atoms with Gasteiger partial charge in [0.05, 0.1) is 0 Å². The Morgan fingerprint density at radius 3 is 2.62 bits per heavy atom. The van der Waals surface area contributed by atoms with E-state index >= 15 is 0 Å². The molecule has 0 rings (SSSR count). The fraction of sp³-hybridized carbons (Fsp3) is 0.750. The van der Waals surface area contributed by atoms with Crippen LogP contribution in [0.15, 0.2) is 5.16 Å². The highest BCUT2D eigenvalue weighted by atomic mass is 16.4. The van der Waals surface area contributed by atoms with E-state index in [-0.39, 0.29) is 11.6 Å². The monoisotopic (exact) mass is 187 g/mol. The van der Waals surface area contributed by atoms with Crippen molar-refractivity contribution in [3.63, 3.8) is 0 Å². The van der Waals surface area contributed by atoms with Crippen molar-refractivity contribution in [2.24, 2.45) is 5.16 Å². The molecule has 5 nitrogen and oxygen atoms in total. The second-order valence-corrected chi connectivity index (χ2v) is 3.10. The number of amides is 1. The van der Waals surface area contributed by atoms with Crippen LogP contribution in [0, 0.1) is 0 Å². The molecule has 0 fully saturated rings. The highest BCUT2D eigenvalue weighted by molar-refractivity contribution is 6.37. The second-order valence-electron chi connectivity index (χ2n) is 3.10. The first-order chi connectivity index (χ1) is 6.07. The Bertz CT molecular complexity index is 190. The summed E-state index contributed by atoms with van der Waals surface area (Å²) in [5, 5.41) is 13.7. The minimum atomic E-state index is -0.318. The van der Waals surface area contributed by atoms with Crippen molar-refractivity contribution < 1.29 is 10.0 Å². The van der Waals surface area contributed by atoms with Gasteiger partial charge in [0, 0.05) is 6.54 Å². The molecule has 0 spiro atoms. The average molecular weight is 187 g/mol. The smallest absolute Gasteiger partial charge is 0.268 e. The molecule has 0 aromatic heterocycles. The van der Waals surface area contributed by atoms with Crippen LogP contribution in [-0.2, 0) is 4.79 Å². The molecule has 0 aromatic rings. The van der Waals surface area contributed by atoms with Crippen molar-refractivity contribution in [2.45, 2.75) is 13.3 Å². The molecule has 76 valence electrons. The van der Waals surface area contributed by atoms with Crippen LogP contribution in [0.1, 0.15) is 13.3 Å². The molecule has 0 radical (unpaired) electrons. The maximum Gasteiger partial charge on any atom is 0.268 e. The molecule has 0 aromatic carbocycles. The number of hydrogen-bond acceptors (Lipinski definition) is 4. The largest absolute Gasteiger partial charge is 0.410 e. The van der Waals surface area contributed by atoms with Gasteiger partial charge in [-0.25, -0.2) is 0 Å². The van der Waals surface area contributed by atoms with E-state index in [4.69, 9.17) is 5.21 Å². The van der Waals surface area contributed by atoms with Crippen LogP contribution in [-0.4, -0.2) is 48.9 Å².